The van der Waals surface area contributed by atoms with Gasteiger partial charge in [-0.15, -0.1) is 0 Å². The molecule has 1 heterocycles. The van der Waals surface area contributed by atoms with Crippen molar-refractivity contribution in [3.05, 3.63) is 42.0 Å². The van der Waals surface area contributed by atoms with Gasteiger partial charge in [0, 0.05) is 29.6 Å². The highest BCUT2D eigenvalue weighted by Crippen LogP contribution is 2.32. The summed E-state index contributed by atoms with van der Waals surface area (Å²) in [6.07, 6.45) is 2.24. The molecule has 0 aromatic heterocycles. The first kappa shape index (κ1) is 13.4. The van der Waals surface area contributed by atoms with Gasteiger partial charge in [0.05, 0.1) is 6.61 Å². The second-order valence-corrected chi connectivity index (χ2v) is 5.53. The molecule has 3 rings (SSSR count). The molecule has 0 spiro atoms. The van der Waals surface area contributed by atoms with Crippen LogP contribution in [0.5, 0.6) is 5.75 Å². The van der Waals surface area contributed by atoms with E-state index in [0.29, 0.717) is 11.8 Å². The maximum absolute atomic E-state index is 10.5. The lowest BCUT2D eigenvalue weighted by Gasteiger charge is -2.27. The Labute approximate surface area is 119 Å². The fourth-order valence-corrected chi connectivity index (χ4v) is 2.94. The third-order valence-electron chi connectivity index (χ3n) is 4.04. The summed E-state index contributed by atoms with van der Waals surface area (Å²) in [4.78, 5) is 0. The summed E-state index contributed by atoms with van der Waals surface area (Å²) in [5.74, 6) is 0.389. The molecular weight excluding hydrogens is 250 g/mol. The molecule has 0 amide bonds. The van der Waals surface area contributed by atoms with Crippen LogP contribution in [-0.2, 0) is 4.74 Å². The lowest BCUT2D eigenvalue weighted by atomic mass is 9.99. The molecule has 0 bridgehead atoms. The van der Waals surface area contributed by atoms with E-state index in [2.05, 4.69) is 18.3 Å². The van der Waals surface area contributed by atoms with E-state index in [1.807, 2.05) is 30.3 Å². The Morgan fingerprint density at radius 3 is 2.90 bits per heavy atom. The molecular formula is C17H21NO2. The van der Waals surface area contributed by atoms with Gasteiger partial charge in [-0.25, -0.2) is 0 Å². The first-order chi connectivity index (χ1) is 9.75. The normalized spacial score (nSPS) is 20.9. The zero-order chi connectivity index (χ0) is 13.9. The van der Waals surface area contributed by atoms with Gasteiger partial charge in [-0.05, 0) is 25.2 Å². The largest absolute Gasteiger partial charge is 0.507 e. The van der Waals surface area contributed by atoms with Crippen LogP contribution in [0.2, 0.25) is 0 Å². The Balaban J connectivity index is 1.83. The summed E-state index contributed by atoms with van der Waals surface area (Å²) in [5.41, 5.74) is 0.953. The predicted octanol–water partition coefficient (Wildman–Crippen LogP) is 3.38. The highest BCUT2D eigenvalue weighted by Gasteiger charge is 2.19. The maximum atomic E-state index is 10.5. The van der Waals surface area contributed by atoms with Gasteiger partial charge in [0.25, 0.3) is 0 Å². The van der Waals surface area contributed by atoms with Crippen LogP contribution in [0.4, 0.5) is 0 Å². The van der Waals surface area contributed by atoms with E-state index in [4.69, 9.17) is 4.74 Å². The van der Waals surface area contributed by atoms with Crippen LogP contribution in [0, 0.1) is 0 Å². The molecule has 1 aliphatic rings. The first-order valence-electron chi connectivity index (χ1n) is 7.30. The average Bonchev–Trinajstić information content (AvgIpc) is 2.49. The van der Waals surface area contributed by atoms with Crippen LogP contribution in [0.3, 0.4) is 0 Å². The van der Waals surface area contributed by atoms with Crippen molar-refractivity contribution in [1.29, 1.82) is 0 Å². The Morgan fingerprint density at radius 1 is 1.25 bits per heavy atom. The van der Waals surface area contributed by atoms with Crippen molar-refractivity contribution in [3.63, 3.8) is 0 Å². The summed E-state index contributed by atoms with van der Waals surface area (Å²) in [5, 5.41) is 16.0. The molecule has 0 radical (unpaired) electrons. The van der Waals surface area contributed by atoms with Crippen molar-refractivity contribution >= 4 is 10.8 Å². The van der Waals surface area contributed by atoms with E-state index in [-0.39, 0.29) is 6.04 Å². The molecule has 20 heavy (non-hydrogen) atoms. The molecule has 0 aliphatic carbocycles. The first-order valence-corrected chi connectivity index (χ1v) is 7.30. The van der Waals surface area contributed by atoms with Gasteiger partial charge in [0.15, 0.2) is 0 Å². The monoisotopic (exact) mass is 271 g/mol. The van der Waals surface area contributed by atoms with Crippen LogP contribution in [-0.4, -0.2) is 24.4 Å². The lowest BCUT2D eigenvalue weighted by Crippen LogP contribution is -2.38. The number of nitrogens with one attached hydrogen (secondary N) is 1. The van der Waals surface area contributed by atoms with Gasteiger partial charge < -0.3 is 15.2 Å². The summed E-state index contributed by atoms with van der Waals surface area (Å²) < 4.78 is 5.49. The van der Waals surface area contributed by atoms with Gasteiger partial charge >= 0.3 is 0 Å². The van der Waals surface area contributed by atoms with E-state index >= 15 is 0 Å². The standard InChI is InChI=1S/C17H21NO2/c1-12(18-14-6-4-10-20-11-14)15-9-8-13-5-2-3-7-16(13)17(15)19/h2-3,5,7-9,12,14,18-19H,4,6,10-11H2,1H3. The minimum absolute atomic E-state index is 0.117. The number of rotatable bonds is 3. The van der Waals surface area contributed by atoms with Crippen molar-refractivity contribution in [2.24, 2.45) is 0 Å². The molecule has 2 aromatic rings. The minimum atomic E-state index is 0.117. The second-order valence-electron chi connectivity index (χ2n) is 5.53. The van der Waals surface area contributed by atoms with Gasteiger partial charge in [0.1, 0.15) is 5.75 Å². The molecule has 1 saturated heterocycles. The number of aromatic hydroxyl groups is 1. The lowest BCUT2D eigenvalue weighted by molar-refractivity contribution is 0.0670. The Hall–Kier alpha value is -1.58. The third-order valence-corrected chi connectivity index (χ3v) is 4.04. The van der Waals surface area contributed by atoms with Crippen molar-refractivity contribution in [2.75, 3.05) is 13.2 Å². The van der Waals surface area contributed by atoms with Gasteiger partial charge in [-0.3, -0.25) is 0 Å². The minimum Gasteiger partial charge on any atom is -0.507 e. The van der Waals surface area contributed by atoms with Crippen LogP contribution in [0.15, 0.2) is 36.4 Å². The van der Waals surface area contributed by atoms with Gasteiger partial charge in [0.2, 0.25) is 0 Å². The summed E-state index contributed by atoms with van der Waals surface area (Å²) in [7, 11) is 0. The zero-order valence-electron chi connectivity index (χ0n) is 11.8. The highest BCUT2D eigenvalue weighted by atomic mass is 16.5. The molecule has 1 fully saturated rings. The molecule has 2 aromatic carbocycles. The number of ether oxygens (including phenoxy) is 1. The molecule has 0 saturated carbocycles. The Morgan fingerprint density at radius 2 is 2.10 bits per heavy atom. The topological polar surface area (TPSA) is 41.5 Å². The Kier molecular flexibility index (Phi) is 3.90. The zero-order valence-corrected chi connectivity index (χ0v) is 11.8. The quantitative estimate of drug-likeness (QED) is 0.899. The van der Waals surface area contributed by atoms with Crippen LogP contribution in [0.25, 0.3) is 10.8 Å². The number of phenols is 1. The fourth-order valence-electron chi connectivity index (χ4n) is 2.94. The van der Waals surface area contributed by atoms with E-state index in [0.717, 1.165) is 42.4 Å². The molecule has 3 nitrogen and oxygen atoms in total. The van der Waals surface area contributed by atoms with Crippen LogP contribution >= 0.6 is 0 Å². The van der Waals surface area contributed by atoms with Gasteiger partial charge in [-0.1, -0.05) is 36.4 Å². The molecule has 3 heteroatoms. The molecule has 106 valence electrons. The molecule has 2 N–H and O–H groups in total. The average molecular weight is 271 g/mol. The fraction of sp³-hybridized carbons (Fsp3) is 0.412. The molecule has 2 unspecified atom stereocenters. The SMILES string of the molecule is CC(NC1CCCOC1)c1ccc2ccccc2c1O. The van der Waals surface area contributed by atoms with Crippen LogP contribution < -0.4 is 5.32 Å². The highest BCUT2D eigenvalue weighted by molar-refractivity contribution is 5.89. The Bertz CT molecular complexity index is 591. The molecule has 2 atom stereocenters. The van der Waals surface area contributed by atoms with E-state index in [1.165, 1.54) is 0 Å². The van der Waals surface area contributed by atoms with E-state index in [9.17, 15) is 5.11 Å². The maximum Gasteiger partial charge on any atom is 0.128 e. The van der Waals surface area contributed by atoms with E-state index < -0.39 is 0 Å². The second kappa shape index (κ2) is 5.81. The van der Waals surface area contributed by atoms with Crippen LogP contribution in [0.1, 0.15) is 31.4 Å². The smallest absolute Gasteiger partial charge is 0.128 e. The number of benzene rings is 2. The van der Waals surface area contributed by atoms with E-state index in [1.54, 1.807) is 0 Å². The summed E-state index contributed by atoms with van der Waals surface area (Å²) in [6, 6.07) is 12.5. The third kappa shape index (κ3) is 2.65. The van der Waals surface area contributed by atoms with Crippen molar-refractivity contribution in [1.82, 2.24) is 5.32 Å². The summed E-state index contributed by atoms with van der Waals surface area (Å²) >= 11 is 0. The number of hydrogen-bond acceptors (Lipinski definition) is 3. The van der Waals surface area contributed by atoms with Gasteiger partial charge in [-0.2, -0.15) is 0 Å². The van der Waals surface area contributed by atoms with Crippen molar-refractivity contribution in [3.8, 4) is 5.75 Å². The number of fused-ring (bicyclic) bond motifs is 1. The van der Waals surface area contributed by atoms with Crippen molar-refractivity contribution < 1.29 is 9.84 Å². The predicted molar refractivity (Wildman–Crippen MR) is 81.0 cm³/mol. The molecule has 1 aliphatic heterocycles. The number of phenolic OH excluding ortho intramolecular Hbond substituents is 1. The van der Waals surface area contributed by atoms with Crippen molar-refractivity contribution in [2.45, 2.75) is 31.8 Å². The summed E-state index contributed by atoms with van der Waals surface area (Å²) in [6.45, 7) is 3.73. The number of hydrogen-bond donors (Lipinski definition) is 2.